The van der Waals surface area contributed by atoms with Gasteiger partial charge in [0.15, 0.2) is 0 Å². The molecule has 522 valence electrons. The summed E-state index contributed by atoms with van der Waals surface area (Å²) in [5.41, 5.74) is 15.3. The smallest absolute Gasteiger partial charge is 0.0691 e. The number of fused-ring (bicyclic) bond motifs is 8. The van der Waals surface area contributed by atoms with Gasteiger partial charge in [-0.15, -0.1) is 0 Å². The van der Waals surface area contributed by atoms with Crippen LogP contribution in [0.25, 0.3) is 46.4 Å². The average molecular weight is 1260 g/mol. The summed E-state index contributed by atoms with van der Waals surface area (Å²) < 4.78 is 0. The minimum absolute atomic E-state index is 1.03. The molecule has 3 aromatic heterocycles. The molecule has 0 spiro atoms. The van der Waals surface area contributed by atoms with Crippen LogP contribution in [0.15, 0.2) is 24.3 Å². The van der Waals surface area contributed by atoms with E-state index >= 15 is 0 Å². The van der Waals surface area contributed by atoms with Crippen LogP contribution in [0.1, 0.15) is 458 Å². The fraction of sp³-hybridized carbons (Fsp3) is 0.773. The van der Waals surface area contributed by atoms with Crippen LogP contribution in [-0.4, -0.2) is 19.9 Å². The highest BCUT2D eigenvalue weighted by molar-refractivity contribution is 5.83. The molecule has 0 saturated carbocycles. The maximum absolute atomic E-state index is 5.69. The summed E-state index contributed by atoms with van der Waals surface area (Å²) in [7, 11) is 0. The standard InChI is InChI=1S/C88H150N4/c1-5-9-13-17-21-25-29-33-37-41-45-49-53-57-61-65-77-81-69-71-83(89-81)78(66-62-58-54-50-46-42-38-34-30-26-22-18-14-10-6-2)85-73-75-87(91-85)80(68-64-60-56-52-48-44-40-36-32-28-24-20-16-12-8-4)88-76-74-86(92-88)79(84-72-70-82(77)90-84)67-63-59-55-51-47-43-39-35-31-27-23-19-15-11-7-3/h69-76,89-90H,5-68H2,1-4H3. The molecule has 0 unspecified atom stereocenters. The van der Waals surface area contributed by atoms with Crippen molar-refractivity contribution in [3.05, 3.63) is 69.3 Å². The van der Waals surface area contributed by atoms with Crippen molar-refractivity contribution in [3.63, 3.8) is 0 Å². The molecule has 0 radical (unpaired) electrons. The van der Waals surface area contributed by atoms with Gasteiger partial charge in [-0.1, -0.05) is 387 Å². The van der Waals surface area contributed by atoms with Crippen molar-refractivity contribution in [2.75, 3.05) is 0 Å². The van der Waals surface area contributed by atoms with Gasteiger partial charge in [-0.3, -0.25) is 0 Å². The van der Waals surface area contributed by atoms with E-state index in [0.29, 0.717) is 0 Å². The summed E-state index contributed by atoms with van der Waals surface area (Å²) in [6, 6.07) is 9.67. The number of nitrogens with one attached hydrogen (secondary N) is 2. The number of nitrogens with zero attached hydrogens (tertiary/aromatic N) is 2. The zero-order chi connectivity index (χ0) is 64.7. The van der Waals surface area contributed by atoms with Crippen LogP contribution in [0.3, 0.4) is 0 Å². The first kappa shape index (κ1) is 79.3. The molecule has 0 aromatic carbocycles. The fourth-order valence-corrected chi connectivity index (χ4v) is 15.2. The molecule has 4 heteroatoms. The number of aryl methyl sites for hydroxylation is 3. The van der Waals surface area contributed by atoms with Gasteiger partial charge in [0.05, 0.1) is 22.8 Å². The van der Waals surface area contributed by atoms with E-state index in [9.17, 15) is 0 Å². The Hall–Kier alpha value is -3.40. The summed E-state index contributed by atoms with van der Waals surface area (Å²) in [6.45, 7) is 9.29. The van der Waals surface area contributed by atoms with E-state index < -0.39 is 0 Å². The van der Waals surface area contributed by atoms with Crippen LogP contribution in [-0.2, 0) is 25.7 Å². The SMILES string of the molecule is CCCCCCCCCCCCCCCCCc1c2nc(c(CCCCCCCCCCCCCCCCC)c3ccc([nH]3)c(CCCCCCCCCCCCCCCCC)c3ccc([nH]3)c(CCCCCCCCCCCCCCCCC)c3nc1C=C3)C=C2. The molecule has 92 heavy (non-hydrogen) atoms. The first-order chi connectivity index (χ1) is 45.7. The Labute approximate surface area is 571 Å². The number of aromatic amines is 2. The van der Waals surface area contributed by atoms with E-state index in [-0.39, 0.29) is 0 Å². The molecule has 8 bridgehead atoms. The number of H-pyrrole nitrogens is 2. The molecule has 0 fully saturated rings. The molecule has 4 nitrogen and oxygen atoms in total. The Morgan fingerprint density at radius 3 is 0.543 bits per heavy atom. The predicted molar refractivity (Wildman–Crippen MR) is 413 cm³/mol. The van der Waals surface area contributed by atoms with Crippen molar-refractivity contribution < 1.29 is 0 Å². The maximum Gasteiger partial charge on any atom is 0.0691 e. The van der Waals surface area contributed by atoms with Gasteiger partial charge in [-0.2, -0.15) is 0 Å². The van der Waals surface area contributed by atoms with Crippen molar-refractivity contribution in [1.29, 1.82) is 0 Å². The van der Waals surface area contributed by atoms with E-state index in [1.165, 1.54) is 430 Å². The Morgan fingerprint density at radius 1 is 0.185 bits per heavy atom. The number of unbranched alkanes of at least 4 members (excludes halogenated alkanes) is 56. The first-order valence-electron chi connectivity index (χ1n) is 41.8. The third-order valence-electron chi connectivity index (χ3n) is 21.3. The van der Waals surface area contributed by atoms with Crippen LogP contribution in [0.5, 0.6) is 0 Å². The molecule has 0 aliphatic carbocycles. The largest absolute Gasteiger partial charge is 0.355 e. The quantitative estimate of drug-likeness (QED) is 0.0381. The topological polar surface area (TPSA) is 57.4 Å². The predicted octanol–water partition coefficient (Wildman–Crippen LogP) is 30.3. The first-order valence-corrected chi connectivity index (χ1v) is 41.8. The van der Waals surface area contributed by atoms with Crippen molar-refractivity contribution in [1.82, 2.24) is 19.9 Å². The van der Waals surface area contributed by atoms with Gasteiger partial charge in [-0.25, -0.2) is 9.97 Å². The summed E-state index contributed by atoms with van der Waals surface area (Å²) >= 11 is 0. The molecule has 0 saturated heterocycles. The van der Waals surface area contributed by atoms with Crippen molar-refractivity contribution in [2.45, 2.75) is 439 Å². The summed E-state index contributed by atoms with van der Waals surface area (Å²) in [5.74, 6) is 0. The van der Waals surface area contributed by atoms with E-state index in [1.54, 1.807) is 0 Å². The monoisotopic (exact) mass is 1260 g/mol. The lowest BCUT2D eigenvalue weighted by molar-refractivity contribution is 0.532. The lowest BCUT2D eigenvalue weighted by Gasteiger charge is -2.07. The molecular weight excluding hydrogens is 1110 g/mol. The van der Waals surface area contributed by atoms with E-state index in [0.717, 1.165) is 48.5 Å². The van der Waals surface area contributed by atoms with E-state index in [4.69, 9.17) is 9.97 Å². The molecular formula is C88H150N4. The average Bonchev–Trinajstić information content (AvgIpc) is 1.78. The number of rotatable bonds is 64. The van der Waals surface area contributed by atoms with Crippen LogP contribution in [0.2, 0.25) is 0 Å². The molecule has 0 amide bonds. The van der Waals surface area contributed by atoms with Crippen molar-refractivity contribution >= 4 is 46.4 Å². The summed E-state index contributed by atoms with van der Waals surface area (Å²) in [5, 5.41) is 0. The number of aromatic nitrogens is 4. The van der Waals surface area contributed by atoms with Gasteiger partial charge < -0.3 is 9.97 Å². The van der Waals surface area contributed by atoms with Gasteiger partial charge >= 0.3 is 0 Å². The Balaban J connectivity index is 1.32. The number of hydrogen-bond donors (Lipinski definition) is 2. The molecule has 3 aromatic rings. The highest BCUT2D eigenvalue weighted by Gasteiger charge is 2.18. The third-order valence-corrected chi connectivity index (χ3v) is 21.3. The molecule has 2 aliphatic rings. The Bertz CT molecular complexity index is 2310. The summed E-state index contributed by atoms with van der Waals surface area (Å²) in [6.07, 6.45) is 97.1. The second-order valence-corrected chi connectivity index (χ2v) is 29.7. The highest BCUT2D eigenvalue weighted by Crippen LogP contribution is 2.31. The van der Waals surface area contributed by atoms with Gasteiger partial charge in [0.2, 0.25) is 0 Å². The second kappa shape index (κ2) is 55.7. The van der Waals surface area contributed by atoms with Gasteiger partial charge in [-0.05, 0) is 105 Å². The lowest BCUT2D eigenvalue weighted by atomic mass is 10.0. The minimum atomic E-state index is 1.03. The summed E-state index contributed by atoms with van der Waals surface area (Å²) in [4.78, 5) is 19.6. The van der Waals surface area contributed by atoms with Crippen molar-refractivity contribution in [2.24, 2.45) is 0 Å². The molecule has 5 heterocycles. The zero-order valence-corrected chi connectivity index (χ0v) is 61.8. The van der Waals surface area contributed by atoms with Crippen LogP contribution in [0, 0.1) is 0 Å². The molecule has 2 N–H and O–H groups in total. The molecule has 5 rings (SSSR count). The molecule has 2 aliphatic heterocycles. The lowest BCUT2D eigenvalue weighted by Crippen LogP contribution is -1.97. The highest BCUT2D eigenvalue weighted by atomic mass is 14.8. The normalized spacial score (nSPS) is 12.2. The van der Waals surface area contributed by atoms with Crippen LogP contribution >= 0.6 is 0 Å². The fourth-order valence-electron chi connectivity index (χ4n) is 15.2. The maximum atomic E-state index is 5.69. The third kappa shape index (κ3) is 36.1. The van der Waals surface area contributed by atoms with Gasteiger partial charge in [0, 0.05) is 38.8 Å². The Kier molecular flexibility index (Phi) is 48.0. The van der Waals surface area contributed by atoms with Gasteiger partial charge in [0.1, 0.15) is 0 Å². The second-order valence-electron chi connectivity index (χ2n) is 29.7. The molecule has 0 atom stereocenters. The number of hydrogen-bond acceptors (Lipinski definition) is 2. The zero-order valence-electron chi connectivity index (χ0n) is 61.8. The van der Waals surface area contributed by atoms with Crippen molar-refractivity contribution in [3.8, 4) is 0 Å². The Morgan fingerprint density at radius 2 is 0.337 bits per heavy atom. The van der Waals surface area contributed by atoms with E-state index in [2.05, 4.69) is 86.2 Å². The van der Waals surface area contributed by atoms with Crippen LogP contribution in [0.4, 0.5) is 0 Å². The van der Waals surface area contributed by atoms with Gasteiger partial charge in [0.25, 0.3) is 0 Å². The minimum Gasteiger partial charge on any atom is -0.355 e. The van der Waals surface area contributed by atoms with E-state index in [1.807, 2.05) is 0 Å². The van der Waals surface area contributed by atoms with Crippen LogP contribution < -0.4 is 0 Å².